The molecule has 0 fully saturated rings. The molecule has 0 saturated heterocycles. The average Bonchev–Trinajstić information content (AvgIpc) is 2.31. The van der Waals surface area contributed by atoms with Crippen LogP contribution < -0.4 is 10.1 Å². The monoisotopic (exact) mass is 293 g/mol. The summed E-state index contributed by atoms with van der Waals surface area (Å²) < 4.78 is 6.09. The van der Waals surface area contributed by atoms with Gasteiger partial charge in [0, 0.05) is 12.0 Å². The van der Waals surface area contributed by atoms with E-state index in [9.17, 15) is 0 Å². The summed E-state index contributed by atoms with van der Waals surface area (Å²) in [4.78, 5) is 9.32. The topological polar surface area (TPSA) is 47.0 Å². The predicted molar refractivity (Wildman–Crippen MR) is 89.2 cm³/mol. The van der Waals surface area contributed by atoms with Crippen molar-refractivity contribution < 1.29 is 4.74 Å². The molecular weight excluding hydrogens is 262 g/mol. The Morgan fingerprint density at radius 3 is 2.24 bits per heavy atom. The Morgan fingerprint density at radius 2 is 1.76 bits per heavy atom. The molecule has 0 radical (unpaired) electrons. The standard InChI is InChI=1S/C17H31N3O/c1-9-18-14-13(5)15(21-12(4)10-11(2)3)20-16(19-14)17(6,7)8/h11-12H,9-10H2,1-8H3,(H,18,19,20). The van der Waals surface area contributed by atoms with Gasteiger partial charge in [-0.25, -0.2) is 4.98 Å². The predicted octanol–water partition coefficient (Wildman–Crippen LogP) is 4.33. The Kier molecular flexibility index (Phi) is 5.99. The minimum Gasteiger partial charge on any atom is -0.474 e. The van der Waals surface area contributed by atoms with E-state index < -0.39 is 0 Å². The molecule has 0 saturated carbocycles. The SMILES string of the molecule is CCNc1nc(C(C)(C)C)nc(OC(C)CC(C)C)c1C. The van der Waals surface area contributed by atoms with Gasteiger partial charge in [-0.05, 0) is 33.1 Å². The van der Waals surface area contributed by atoms with Crippen molar-refractivity contribution in [3.8, 4) is 5.88 Å². The first-order valence-electron chi connectivity index (χ1n) is 7.94. The fraction of sp³-hybridized carbons (Fsp3) is 0.765. The highest BCUT2D eigenvalue weighted by Crippen LogP contribution is 2.28. The van der Waals surface area contributed by atoms with Gasteiger partial charge in [-0.3, -0.25) is 0 Å². The molecular formula is C17H31N3O. The van der Waals surface area contributed by atoms with Crippen LogP contribution in [0.3, 0.4) is 0 Å². The quantitative estimate of drug-likeness (QED) is 0.848. The molecule has 0 aromatic carbocycles. The molecule has 1 N–H and O–H groups in total. The Bertz CT molecular complexity index is 464. The highest BCUT2D eigenvalue weighted by atomic mass is 16.5. The van der Waals surface area contributed by atoms with Crippen LogP contribution in [0.25, 0.3) is 0 Å². The lowest BCUT2D eigenvalue weighted by Gasteiger charge is -2.23. The average molecular weight is 293 g/mol. The molecule has 1 atom stereocenters. The summed E-state index contributed by atoms with van der Waals surface area (Å²) in [7, 11) is 0. The van der Waals surface area contributed by atoms with Crippen LogP contribution >= 0.6 is 0 Å². The molecule has 0 aliphatic carbocycles. The fourth-order valence-electron chi connectivity index (χ4n) is 2.19. The lowest BCUT2D eigenvalue weighted by Crippen LogP contribution is -2.21. The number of rotatable bonds is 6. The number of aromatic nitrogens is 2. The highest BCUT2D eigenvalue weighted by molar-refractivity contribution is 5.49. The van der Waals surface area contributed by atoms with Gasteiger partial charge in [0.15, 0.2) is 0 Å². The Labute approximate surface area is 129 Å². The van der Waals surface area contributed by atoms with E-state index in [0.29, 0.717) is 11.8 Å². The van der Waals surface area contributed by atoms with Crippen molar-refractivity contribution in [1.29, 1.82) is 0 Å². The van der Waals surface area contributed by atoms with Crippen molar-refractivity contribution in [2.75, 3.05) is 11.9 Å². The zero-order valence-electron chi connectivity index (χ0n) is 14.9. The van der Waals surface area contributed by atoms with Crippen molar-refractivity contribution in [3.63, 3.8) is 0 Å². The second-order valence-corrected chi connectivity index (χ2v) is 7.16. The molecule has 0 spiro atoms. The van der Waals surface area contributed by atoms with E-state index >= 15 is 0 Å². The molecule has 4 heteroatoms. The molecule has 1 unspecified atom stereocenters. The molecule has 0 amide bonds. The van der Waals surface area contributed by atoms with E-state index in [2.05, 4.69) is 63.8 Å². The number of hydrogen-bond donors (Lipinski definition) is 1. The summed E-state index contributed by atoms with van der Waals surface area (Å²) >= 11 is 0. The molecule has 1 aromatic rings. The number of nitrogens with one attached hydrogen (secondary N) is 1. The zero-order valence-corrected chi connectivity index (χ0v) is 14.9. The minimum atomic E-state index is -0.0999. The van der Waals surface area contributed by atoms with Crippen LogP contribution in [0, 0.1) is 12.8 Å². The van der Waals surface area contributed by atoms with Gasteiger partial charge in [0.2, 0.25) is 5.88 Å². The van der Waals surface area contributed by atoms with E-state index in [-0.39, 0.29) is 11.5 Å². The Balaban J connectivity index is 3.14. The van der Waals surface area contributed by atoms with Crippen molar-refractivity contribution in [1.82, 2.24) is 9.97 Å². The number of anilines is 1. The molecule has 1 aromatic heterocycles. The normalized spacial score (nSPS) is 13.4. The van der Waals surface area contributed by atoms with Gasteiger partial charge in [-0.15, -0.1) is 0 Å². The minimum absolute atomic E-state index is 0.0999. The van der Waals surface area contributed by atoms with Crippen LogP contribution in [0.1, 0.15) is 66.3 Å². The van der Waals surface area contributed by atoms with E-state index in [1.807, 2.05) is 6.92 Å². The van der Waals surface area contributed by atoms with Gasteiger partial charge in [0.25, 0.3) is 0 Å². The second-order valence-electron chi connectivity index (χ2n) is 7.16. The summed E-state index contributed by atoms with van der Waals surface area (Å²) in [6, 6.07) is 0. The second kappa shape index (κ2) is 7.10. The van der Waals surface area contributed by atoms with Gasteiger partial charge in [-0.1, -0.05) is 34.6 Å². The van der Waals surface area contributed by atoms with E-state index in [0.717, 1.165) is 30.2 Å². The van der Waals surface area contributed by atoms with Crippen LogP contribution in [-0.4, -0.2) is 22.6 Å². The lowest BCUT2D eigenvalue weighted by atomic mass is 9.95. The summed E-state index contributed by atoms with van der Waals surface area (Å²) in [5.41, 5.74) is 0.887. The zero-order chi connectivity index (χ0) is 16.2. The number of nitrogens with zero attached hydrogens (tertiary/aromatic N) is 2. The molecule has 1 rings (SSSR count). The third-order valence-corrected chi connectivity index (χ3v) is 3.23. The number of ether oxygens (including phenoxy) is 1. The third kappa shape index (κ3) is 5.18. The van der Waals surface area contributed by atoms with Crippen LogP contribution in [0.4, 0.5) is 5.82 Å². The van der Waals surface area contributed by atoms with Gasteiger partial charge in [0.05, 0.1) is 11.7 Å². The third-order valence-electron chi connectivity index (χ3n) is 3.23. The molecule has 21 heavy (non-hydrogen) atoms. The summed E-state index contributed by atoms with van der Waals surface area (Å²) in [5, 5.41) is 3.31. The van der Waals surface area contributed by atoms with E-state index in [1.165, 1.54) is 0 Å². The number of hydrogen-bond acceptors (Lipinski definition) is 4. The Morgan fingerprint density at radius 1 is 1.14 bits per heavy atom. The maximum absolute atomic E-state index is 6.09. The first-order valence-corrected chi connectivity index (χ1v) is 7.94. The summed E-state index contributed by atoms with van der Waals surface area (Å²) in [6.45, 7) is 17.8. The van der Waals surface area contributed by atoms with Gasteiger partial charge in [-0.2, -0.15) is 4.98 Å². The van der Waals surface area contributed by atoms with Crippen molar-refractivity contribution in [3.05, 3.63) is 11.4 Å². The molecule has 0 aliphatic rings. The largest absolute Gasteiger partial charge is 0.474 e. The van der Waals surface area contributed by atoms with Gasteiger partial charge < -0.3 is 10.1 Å². The van der Waals surface area contributed by atoms with Crippen molar-refractivity contribution in [2.24, 2.45) is 5.92 Å². The maximum Gasteiger partial charge on any atom is 0.222 e. The van der Waals surface area contributed by atoms with E-state index in [4.69, 9.17) is 4.74 Å². The van der Waals surface area contributed by atoms with Gasteiger partial charge in [0.1, 0.15) is 11.6 Å². The van der Waals surface area contributed by atoms with E-state index in [1.54, 1.807) is 0 Å². The first-order chi connectivity index (χ1) is 9.65. The summed E-state index contributed by atoms with van der Waals surface area (Å²) in [6.07, 6.45) is 1.17. The molecule has 0 bridgehead atoms. The lowest BCUT2D eigenvalue weighted by molar-refractivity contribution is 0.183. The highest BCUT2D eigenvalue weighted by Gasteiger charge is 2.22. The van der Waals surface area contributed by atoms with Crippen molar-refractivity contribution >= 4 is 5.82 Å². The smallest absolute Gasteiger partial charge is 0.222 e. The molecule has 1 heterocycles. The van der Waals surface area contributed by atoms with Crippen LogP contribution in [-0.2, 0) is 5.41 Å². The molecule has 0 aliphatic heterocycles. The Hall–Kier alpha value is -1.32. The maximum atomic E-state index is 6.09. The van der Waals surface area contributed by atoms with Crippen LogP contribution in [0.5, 0.6) is 5.88 Å². The van der Waals surface area contributed by atoms with Crippen LogP contribution in [0.2, 0.25) is 0 Å². The molecule has 120 valence electrons. The van der Waals surface area contributed by atoms with Crippen molar-refractivity contribution in [2.45, 2.75) is 73.3 Å². The summed E-state index contributed by atoms with van der Waals surface area (Å²) in [5.74, 6) is 3.01. The first kappa shape index (κ1) is 17.7. The van der Waals surface area contributed by atoms with Crippen LogP contribution in [0.15, 0.2) is 0 Å². The molecule has 4 nitrogen and oxygen atoms in total. The van der Waals surface area contributed by atoms with Gasteiger partial charge >= 0.3 is 0 Å². The fourth-order valence-corrected chi connectivity index (χ4v) is 2.19.